The van der Waals surface area contributed by atoms with Gasteiger partial charge in [0.25, 0.3) is 11.5 Å². The van der Waals surface area contributed by atoms with E-state index >= 15 is 0 Å². The van der Waals surface area contributed by atoms with Crippen LogP contribution < -0.4 is 5.56 Å². The van der Waals surface area contributed by atoms with Crippen LogP contribution in [0.4, 0.5) is 0 Å². The Labute approximate surface area is 199 Å². The van der Waals surface area contributed by atoms with Crippen molar-refractivity contribution < 1.29 is 13.9 Å². The van der Waals surface area contributed by atoms with Gasteiger partial charge in [-0.2, -0.15) is 0 Å². The molecule has 0 fully saturated rings. The van der Waals surface area contributed by atoms with Gasteiger partial charge in [0.05, 0.1) is 35.5 Å². The maximum atomic E-state index is 13.7. The Bertz CT molecular complexity index is 1300. The molecule has 1 unspecified atom stereocenters. The molecule has 0 aliphatic rings. The number of rotatable bonds is 8. The fourth-order valence-electron chi connectivity index (χ4n) is 3.89. The van der Waals surface area contributed by atoms with Crippen LogP contribution in [0, 0.1) is 0 Å². The molecule has 7 nitrogen and oxygen atoms in total. The monoisotopic (exact) mass is 509 g/mol. The molecule has 2 heterocycles. The van der Waals surface area contributed by atoms with Gasteiger partial charge in [-0.25, -0.2) is 4.98 Å². The Hall–Kier alpha value is -3.23. The number of amides is 1. The van der Waals surface area contributed by atoms with Gasteiger partial charge in [0.2, 0.25) is 0 Å². The molecule has 0 saturated heterocycles. The third-order valence-electron chi connectivity index (χ3n) is 5.48. The van der Waals surface area contributed by atoms with Crippen molar-refractivity contribution in [3.63, 3.8) is 0 Å². The van der Waals surface area contributed by atoms with E-state index in [4.69, 9.17) is 14.1 Å². The van der Waals surface area contributed by atoms with E-state index in [0.29, 0.717) is 42.0 Å². The molecular formula is C25H24BrN3O4. The lowest BCUT2D eigenvalue weighted by molar-refractivity contribution is 0.0548. The molecule has 1 atom stereocenters. The van der Waals surface area contributed by atoms with Crippen molar-refractivity contribution in [2.24, 2.45) is 0 Å². The SMILES string of the molecule is CCC(c1nc2ccccc2c(=O)n1-c1ccc(Br)cc1)N(CCOC)C(=O)c1ccco1. The summed E-state index contributed by atoms with van der Waals surface area (Å²) < 4.78 is 13.2. The zero-order valence-electron chi connectivity index (χ0n) is 18.4. The number of carbonyl (C=O) groups is 1. The van der Waals surface area contributed by atoms with Crippen molar-refractivity contribution in [2.75, 3.05) is 20.3 Å². The Kier molecular flexibility index (Phi) is 7.05. The second-order valence-corrected chi connectivity index (χ2v) is 8.41. The zero-order chi connectivity index (χ0) is 23.4. The summed E-state index contributed by atoms with van der Waals surface area (Å²) in [6, 6.07) is 17.5. The summed E-state index contributed by atoms with van der Waals surface area (Å²) in [5.74, 6) is 0.427. The first kappa shape index (κ1) is 22.9. The van der Waals surface area contributed by atoms with Crippen LogP contribution >= 0.6 is 15.9 Å². The minimum atomic E-state index is -0.487. The number of methoxy groups -OCH3 is 1. The van der Waals surface area contributed by atoms with Crippen LogP contribution in [0.1, 0.15) is 35.8 Å². The molecule has 0 aliphatic carbocycles. The molecule has 8 heteroatoms. The number of ether oxygens (including phenoxy) is 1. The van der Waals surface area contributed by atoms with Crippen molar-refractivity contribution in [1.82, 2.24) is 14.5 Å². The number of halogens is 1. The summed E-state index contributed by atoms with van der Waals surface area (Å²) in [5, 5.41) is 0.514. The summed E-state index contributed by atoms with van der Waals surface area (Å²) in [6.07, 6.45) is 2.01. The van der Waals surface area contributed by atoms with E-state index in [-0.39, 0.29) is 17.2 Å². The Balaban J connectivity index is 1.94. The maximum absolute atomic E-state index is 13.7. The van der Waals surface area contributed by atoms with Gasteiger partial charge in [-0.05, 0) is 55.0 Å². The second-order valence-electron chi connectivity index (χ2n) is 7.50. The van der Waals surface area contributed by atoms with E-state index in [2.05, 4.69) is 15.9 Å². The highest BCUT2D eigenvalue weighted by molar-refractivity contribution is 9.10. The van der Waals surface area contributed by atoms with Crippen LogP contribution in [-0.2, 0) is 4.74 Å². The van der Waals surface area contributed by atoms with Crippen LogP contribution in [0.3, 0.4) is 0 Å². The minimum Gasteiger partial charge on any atom is -0.459 e. The number of nitrogens with zero attached hydrogens (tertiary/aromatic N) is 3. The van der Waals surface area contributed by atoms with Crippen LogP contribution in [-0.4, -0.2) is 40.6 Å². The van der Waals surface area contributed by atoms with Crippen molar-refractivity contribution in [2.45, 2.75) is 19.4 Å². The highest BCUT2D eigenvalue weighted by Gasteiger charge is 2.30. The Morgan fingerprint density at radius 3 is 2.58 bits per heavy atom. The predicted molar refractivity (Wildman–Crippen MR) is 130 cm³/mol. The number of benzene rings is 2. The van der Waals surface area contributed by atoms with Gasteiger partial charge in [0, 0.05) is 18.1 Å². The predicted octanol–water partition coefficient (Wildman–Crippen LogP) is 4.98. The molecule has 2 aromatic carbocycles. The van der Waals surface area contributed by atoms with E-state index in [1.807, 2.05) is 49.4 Å². The topological polar surface area (TPSA) is 77.6 Å². The largest absolute Gasteiger partial charge is 0.459 e. The van der Waals surface area contributed by atoms with Gasteiger partial charge in [0.15, 0.2) is 5.76 Å². The molecule has 0 N–H and O–H groups in total. The Morgan fingerprint density at radius 1 is 1.15 bits per heavy atom. The molecule has 2 aromatic heterocycles. The van der Waals surface area contributed by atoms with Gasteiger partial charge >= 0.3 is 0 Å². The van der Waals surface area contributed by atoms with E-state index in [1.165, 1.54) is 6.26 Å². The fraction of sp³-hybridized carbons (Fsp3) is 0.240. The van der Waals surface area contributed by atoms with Gasteiger partial charge < -0.3 is 14.1 Å². The van der Waals surface area contributed by atoms with Gasteiger partial charge in [-0.1, -0.05) is 35.0 Å². The molecule has 0 aliphatic heterocycles. The quantitative estimate of drug-likeness (QED) is 0.334. The highest BCUT2D eigenvalue weighted by atomic mass is 79.9. The van der Waals surface area contributed by atoms with Crippen molar-refractivity contribution in [3.05, 3.63) is 93.3 Å². The lowest BCUT2D eigenvalue weighted by Gasteiger charge is -2.31. The fourth-order valence-corrected chi connectivity index (χ4v) is 4.15. The highest BCUT2D eigenvalue weighted by Crippen LogP contribution is 2.28. The number of fused-ring (bicyclic) bond motifs is 1. The average molecular weight is 510 g/mol. The van der Waals surface area contributed by atoms with E-state index in [9.17, 15) is 9.59 Å². The van der Waals surface area contributed by atoms with Crippen molar-refractivity contribution in [3.8, 4) is 5.69 Å². The number of furan rings is 1. The first-order valence-corrected chi connectivity index (χ1v) is 11.5. The number of hydrogen-bond acceptors (Lipinski definition) is 5. The van der Waals surface area contributed by atoms with Crippen LogP contribution in [0.5, 0.6) is 0 Å². The van der Waals surface area contributed by atoms with Crippen molar-refractivity contribution >= 4 is 32.7 Å². The zero-order valence-corrected chi connectivity index (χ0v) is 20.0. The normalized spacial score (nSPS) is 12.1. The molecule has 4 rings (SSSR count). The minimum absolute atomic E-state index is 0.187. The molecule has 1 amide bonds. The van der Waals surface area contributed by atoms with Gasteiger partial charge in [-0.15, -0.1) is 0 Å². The lowest BCUT2D eigenvalue weighted by atomic mass is 10.1. The molecule has 33 heavy (non-hydrogen) atoms. The molecular weight excluding hydrogens is 486 g/mol. The third-order valence-corrected chi connectivity index (χ3v) is 6.01. The lowest BCUT2D eigenvalue weighted by Crippen LogP contribution is -2.40. The maximum Gasteiger partial charge on any atom is 0.290 e. The first-order chi connectivity index (χ1) is 16.0. The summed E-state index contributed by atoms with van der Waals surface area (Å²) in [4.78, 5) is 33.6. The Morgan fingerprint density at radius 2 is 1.91 bits per heavy atom. The van der Waals surface area contributed by atoms with Crippen LogP contribution in [0.25, 0.3) is 16.6 Å². The third kappa shape index (κ3) is 4.62. The summed E-state index contributed by atoms with van der Waals surface area (Å²) >= 11 is 3.45. The summed E-state index contributed by atoms with van der Waals surface area (Å²) in [5.41, 5.74) is 1.07. The van der Waals surface area contributed by atoms with Gasteiger partial charge in [0.1, 0.15) is 5.82 Å². The number of aromatic nitrogens is 2. The smallest absolute Gasteiger partial charge is 0.290 e. The average Bonchev–Trinajstić information content (AvgIpc) is 3.37. The molecule has 0 spiro atoms. The van der Waals surface area contributed by atoms with Crippen LogP contribution in [0.2, 0.25) is 0 Å². The van der Waals surface area contributed by atoms with E-state index in [1.54, 1.807) is 34.8 Å². The summed E-state index contributed by atoms with van der Waals surface area (Å²) in [7, 11) is 1.59. The molecule has 170 valence electrons. The molecule has 0 saturated carbocycles. The van der Waals surface area contributed by atoms with Gasteiger partial charge in [-0.3, -0.25) is 14.2 Å². The summed E-state index contributed by atoms with van der Waals surface area (Å²) in [6.45, 7) is 2.61. The number of carbonyl (C=O) groups excluding carboxylic acids is 1. The van der Waals surface area contributed by atoms with Crippen molar-refractivity contribution in [1.29, 1.82) is 0 Å². The van der Waals surface area contributed by atoms with Crippen LogP contribution in [0.15, 0.2) is 80.6 Å². The van der Waals surface area contributed by atoms with E-state index < -0.39 is 6.04 Å². The molecule has 0 radical (unpaired) electrons. The standard InChI is InChI=1S/C25H24BrN3O4/c1-3-21(28(14-16-32-2)25(31)22-9-6-15-33-22)23-27-20-8-5-4-7-19(20)24(30)29(23)18-12-10-17(26)11-13-18/h4-13,15,21H,3,14,16H2,1-2H3. The molecule has 0 bridgehead atoms. The molecule has 4 aromatic rings. The second kappa shape index (κ2) is 10.1. The first-order valence-electron chi connectivity index (χ1n) is 10.7. The number of para-hydroxylation sites is 1. The number of hydrogen-bond donors (Lipinski definition) is 0. The van der Waals surface area contributed by atoms with E-state index in [0.717, 1.165) is 4.47 Å².